The lowest BCUT2D eigenvalue weighted by atomic mass is 9.65. The Morgan fingerprint density at radius 2 is 1.94 bits per heavy atom. The van der Waals surface area contributed by atoms with Gasteiger partial charge in [0.25, 0.3) is 5.91 Å². The molecule has 1 N–H and O–H groups in total. The van der Waals surface area contributed by atoms with Crippen molar-refractivity contribution < 1.29 is 18.8 Å². The smallest absolute Gasteiger partial charge is 0.325 e. The van der Waals surface area contributed by atoms with E-state index in [2.05, 4.69) is 26.1 Å². The van der Waals surface area contributed by atoms with Crippen LogP contribution in [0.5, 0.6) is 0 Å². The van der Waals surface area contributed by atoms with Gasteiger partial charge in [-0.25, -0.2) is 9.18 Å². The number of benzene rings is 1. The van der Waals surface area contributed by atoms with Crippen molar-refractivity contribution in [1.82, 2.24) is 15.1 Å². The molecule has 0 bridgehead atoms. The Morgan fingerprint density at radius 1 is 1.26 bits per heavy atom. The molecule has 0 atom stereocenters. The number of nitrogens with one attached hydrogen (secondary N) is 1. The molecule has 2 fully saturated rings. The van der Waals surface area contributed by atoms with Gasteiger partial charge in [0.1, 0.15) is 17.9 Å². The number of nitrogens with zero attached hydrogens (tertiary/aromatic N) is 2. The number of amides is 4. The highest BCUT2D eigenvalue weighted by Crippen LogP contribution is 2.45. The van der Waals surface area contributed by atoms with Crippen LogP contribution in [0.2, 0.25) is 0 Å². The monoisotopic (exact) mass is 431 g/mol. The van der Waals surface area contributed by atoms with E-state index in [0.29, 0.717) is 30.9 Å². The summed E-state index contributed by atoms with van der Waals surface area (Å²) in [5.74, 6) is -0.460. The van der Waals surface area contributed by atoms with Gasteiger partial charge < -0.3 is 10.2 Å². The van der Waals surface area contributed by atoms with Gasteiger partial charge in [-0.15, -0.1) is 0 Å². The summed E-state index contributed by atoms with van der Waals surface area (Å²) >= 11 is 0. The molecule has 1 saturated carbocycles. The van der Waals surface area contributed by atoms with Crippen LogP contribution in [-0.4, -0.2) is 46.3 Å². The number of likely N-dealkylation sites (N-methyl/N-ethyl adjacent to an activating group) is 1. The maximum Gasteiger partial charge on any atom is 0.325 e. The van der Waals surface area contributed by atoms with Gasteiger partial charge in [0.2, 0.25) is 5.91 Å². The van der Waals surface area contributed by atoms with Crippen LogP contribution in [0.15, 0.2) is 24.3 Å². The second-order valence-corrected chi connectivity index (χ2v) is 9.56. The number of rotatable bonds is 7. The molecule has 0 radical (unpaired) electrons. The molecular formula is C24H34FN3O3. The summed E-state index contributed by atoms with van der Waals surface area (Å²) < 4.78 is 13.5. The van der Waals surface area contributed by atoms with Gasteiger partial charge in [-0.1, -0.05) is 39.3 Å². The Kier molecular flexibility index (Phi) is 6.72. The zero-order valence-electron chi connectivity index (χ0n) is 19.0. The fourth-order valence-electron chi connectivity index (χ4n) is 4.81. The Hall–Kier alpha value is -2.44. The second-order valence-electron chi connectivity index (χ2n) is 9.56. The summed E-state index contributed by atoms with van der Waals surface area (Å²) in [7, 11) is 0. The lowest BCUT2D eigenvalue weighted by Gasteiger charge is -2.42. The van der Waals surface area contributed by atoms with Crippen molar-refractivity contribution >= 4 is 17.8 Å². The molecule has 4 amide bonds. The highest BCUT2D eigenvalue weighted by Gasteiger charge is 2.53. The molecule has 6 nitrogen and oxygen atoms in total. The van der Waals surface area contributed by atoms with Crippen molar-refractivity contribution in [3.05, 3.63) is 35.6 Å². The first-order valence-electron chi connectivity index (χ1n) is 11.3. The molecule has 0 aromatic heterocycles. The van der Waals surface area contributed by atoms with E-state index in [1.165, 1.54) is 17.0 Å². The van der Waals surface area contributed by atoms with Gasteiger partial charge >= 0.3 is 6.03 Å². The maximum absolute atomic E-state index is 13.5. The van der Waals surface area contributed by atoms with Crippen LogP contribution in [0.25, 0.3) is 0 Å². The van der Waals surface area contributed by atoms with Crippen molar-refractivity contribution in [1.29, 1.82) is 0 Å². The van der Waals surface area contributed by atoms with E-state index >= 15 is 0 Å². The first-order valence-corrected chi connectivity index (χ1v) is 11.3. The first-order chi connectivity index (χ1) is 14.6. The number of hydrogen-bond donors (Lipinski definition) is 1. The van der Waals surface area contributed by atoms with Crippen LogP contribution in [0.3, 0.4) is 0 Å². The highest BCUT2D eigenvalue weighted by atomic mass is 19.1. The quantitative estimate of drug-likeness (QED) is 0.661. The molecule has 1 aromatic carbocycles. The molecule has 0 unspecified atom stereocenters. The van der Waals surface area contributed by atoms with E-state index in [-0.39, 0.29) is 36.1 Å². The first kappa shape index (κ1) is 23.2. The Bertz CT molecular complexity index is 846. The second kappa shape index (κ2) is 8.97. The Balaban J connectivity index is 1.65. The number of imide groups is 1. The van der Waals surface area contributed by atoms with Gasteiger partial charge in [-0.3, -0.25) is 14.5 Å². The normalized spacial score (nSPS) is 23.9. The van der Waals surface area contributed by atoms with Crippen LogP contribution in [-0.2, 0) is 16.1 Å². The van der Waals surface area contributed by atoms with Crippen LogP contribution < -0.4 is 5.32 Å². The number of hydrogen-bond acceptors (Lipinski definition) is 3. The summed E-state index contributed by atoms with van der Waals surface area (Å²) in [5, 5.41) is 2.90. The molecule has 170 valence electrons. The average Bonchev–Trinajstić information content (AvgIpc) is 2.96. The average molecular weight is 432 g/mol. The van der Waals surface area contributed by atoms with Crippen LogP contribution in [0, 0.1) is 17.2 Å². The number of urea groups is 1. The molecule has 2 aliphatic rings. The van der Waals surface area contributed by atoms with Crippen molar-refractivity contribution in [2.45, 2.75) is 71.9 Å². The molecule has 1 spiro atoms. The van der Waals surface area contributed by atoms with E-state index in [4.69, 9.17) is 0 Å². The summed E-state index contributed by atoms with van der Waals surface area (Å²) in [6, 6.07) is 5.59. The fraction of sp³-hybridized carbons (Fsp3) is 0.625. The van der Waals surface area contributed by atoms with E-state index in [0.717, 1.165) is 24.2 Å². The molecule has 1 saturated heterocycles. The van der Waals surface area contributed by atoms with Crippen molar-refractivity contribution in [2.75, 3.05) is 13.1 Å². The van der Waals surface area contributed by atoms with E-state index < -0.39 is 11.6 Å². The minimum absolute atomic E-state index is 0.210. The minimum atomic E-state index is -0.878. The molecule has 1 aliphatic carbocycles. The third-order valence-electron chi connectivity index (χ3n) is 7.39. The molecule has 1 aromatic rings. The SMILES string of the molecule is CCN(Cc1cccc(F)c1)C(=O)CN1C(=O)NC2(CCC(C(C)(C)CC)CC2)C1=O. The predicted molar refractivity (Wildman–Crippen MR) is 116 cm³/mol. The standard InChI is InChI=1S/C24H34FN3O3/c1-5-23(3,4)18-10-12-24(13-11-18)21(30)28(22(31)26-24)16-20(29)27(6-2)15-17-8-7-9-19(25)14-17/h7-9,14,18H,5-6,10-13,15-16H2,1-4H3,(H,26,31). The topological polar surface area (TPSA) is 69.7 Å². The zero-order valence-corrected chi connectivity index (χ0v) is 19.0. The van der Waals surface area contributed by atoms with Crippen molar-refractivity contribution in [3.63, 3.8) is 0 Å². The van der Waals surface area contributed by atoms with Crippen molar-refractivity contribution in [3.8, 4) is 0 Å². The number of carbonyl (C=O) groups excluding carboxylic acids is 3. The molecule has 7 heteroatoms. The van der Waals surface area contributed by atoms with Gasteiger partial charge in [-0.05, 0) is 61.6 Å². The van der Waals surface area contributed by atoms with Crippen molar-refractivity contribution in [2.24, 2.45) is 11.3 Å². The minimum Gasteiger partial charge on any atom is -0.337 e. The number of carbonyl (C=O) groups is 3. The molecule has 1 aliphatic heterocycles. The Labute approximate surface area is 184 Å². The van der Waals surface area contributed by atoms with Crippen LogP contribution in [0.1, 0.15) is 65.4 Å². The fourth-order valence-corrected chi connectivity index (χ4v) is 4.81. The predicted octanol–water partition coefficient (Wildman–Crippen LogP) is 4.09. The molecule has 3 rings (SSSR count). The molecule has 31 heavy (non-hydrogen) atoms. The van der Waals surface area contributed by atoms with Gasteiger partial charge in [-0.2, -0.15) is 0 Å². The van der Waals surface area contributed by atoms with E-state index in [1.807, 2.05) is 6.92 Å². The largest absolute Gasteiger partial charge is 0.337 e. The Morgan fingerprint density at radius 3 is 2.52 bits per heavy atom. The van der Waals surface area contributed by atoms with E-state index in [9.17, 15) is 18.8 Å². The van der Waals surface area contributed by atoms with E-state index in [1.54, 1.807) is 12.1 Å². The summed E-state index contributed by atoms with van der Waals surface area (Å²) in [6.45, 7) is 8.86. The summed E-state index contributed by atoms with van der Waals surface area (Å²) in [6.07, 6.45) is 4.06. The maximum atomic E-state index is 13.5. The molecular weight excluding hydrogens is 397 g/mol. The summed E-state index contributed by atoms with van der Waals surface area (Å²) in [5.41, 5.74) is -0.000561. The zero-order chi connectivity index (χ0) is 22.8. The third kappa shape index (κ3) is 4.75. The van der Waals surface area contributed by atoms with Gasteiger partial charge in [0.05, 0.1) is 0 Å². The highest BCUT2D eigenvalue weighted by molar-refractivity contribution is 6.09. The lowest BCUT2D eigenvalue weighted by molar-refractivity contribution is -0.140. The van der Waals surface area contributed by atoms with Crippen LogP contribution >= 0.6 is 0 Å². The lowest BCUT2D eigenvalue weighted by Crippen LogP contribution is -2.51. The van der Waals surface area contributed by atoms with Crippen LogP contribution in [0.4, 0.5) is 9.18 Å². The van der Waals surface area contributed by atoms with Gasteiger partial charge in [0.15, 0.2) is 0 Å². The van der Waals surface area contributed by atoms with Gasteiger partial charge in [0, 0.05) is 13.1 Å². The third-order valence-corrected chi connectivity index (χ3v) is 7.39. The number of halogens is 1. The molecule has 1 heterocycles. The summed E-state index contributed by atoms with van der Waals surface area (Å²) in [4.78, 5) is 41.3.